The lowest BCUT2D eigenvalue weighted by Crippen LogP contribution is -2.16. The van der Waals surface area contributed by atoms with Crippen LogP contribution in [0.15, 0.2) is 30.3 Å². The van der Waals surface area contributed by atoms with Crippen molar-refractivity contribution >= 4 is 0 Å². The van der Waals surface area contributed by atoms with Crippen LogP contribution in [0.25, 0.3) is 0 Å². The van der Waals surface area contributed by atoms with Gasteiger partial charge in [-0.15, -0.1) is 0 Å². The Morgan fingerprint density at radius 3 is 2.50 bits per heavy atom. The maximum absolute atomic E-state index is 8.86. The minimum atomic E-state index is 0.0798. The van der Waals surface area contributed by atoms with Crippen LogP contribution in [-0.2, 0) is 0 Å². The first kappa shape index (κ1) is 9.23. The average molecular weight is 165 g/mol. The molecule has 0 bridgehead atoms. The monoisotopic (exact) mass is 165 g/mol. The van der Waals surface area contributed by atoms with Crippen molar-refractivity contribution < 1.29 is 5.21 Å². The molecule has 0 aliphatic heterocycles. The number of hydrogen-bond acceptors (Lipinski definition) is 2. The molecule has 0 amide bonds. The number of nitrogens with one attached hydrogen (secondary N) is 1. The first-order valence-corrected chi connectivity index (χ1v) is 4.33. The summed E-state index contributed by atoms with van der Waals surface area (Å²) in [6.45, 7) is 2.10. The Kier molecular flexibility index (Phi) is 3.77. The van der Waals surface area contributed by atoms with Gasteiger partial charge in [0.05, 0.1) is 6.04 Å². The third-order valence-corrected chi connectivity index (χ3v) is 1.94. The lowest BCUT2D eigenvalue weighted by Gasteiger charge is -2.13. The molecule has 0 heterocycles. The van der Waals surface area contributed by atoms with E-state index in [9.17, 15) is 0 Å². The lowest BCUT2D eigenvalue weighted by molar-refractivity contribution is 0.121. The van der Waals surface area contributed by atoms with Crippen LogP contribution in [0.3, 0.4) is 0 Å². The Labute approximate surface area is 73.2 Å². The van der Waals surface area contributed by atoms with Crippen molar-refractivity contribution in [2.45, 2.75) is 25.8 Å². The summed E-state index contributed by atoms with van der Waals surface area (Å²) in [5, 5.41) is 8.86. The molecular formula is C10H15NO. The Balaban J connectivity index is 2.66. The topological polar surface area (TPSA) is 32.3 Å². The van der Waals surface area contributed by atoms with Crippen LogP contribution >= 0.6 is 0 Å². The second-order valence-corrected chi connectivity index (χ2v) is 2.88. The van der Waals surface area contributed by atoms with Gasteiger partial charge < -0.3 is 5.21 Å². The Morgan fingerprint density at radius 2 is 2.00 bits per heavy atom. The Hall–Kier alpha value is -0.860. The summed E-state index contributed by atoms with van der Waals surface area (Å²) in [5.41, 5.74) is 3.46. The molecule has 1 aromatic carbocycles. The van der Waals surface area contributed by atoms with Gasteiger partial charge in [-0.1, -0.05) is 43.7 Å². The SMILES string of the molecule is CCCC(NO)c1ccccc1. The van der Waals surface area contributed by atoms with E-state index in [0.717, 1.165) is 18.4 Å². The smallest absolute Gasteiger partial charge is 0.0568 e. The summed E-state index contributed by atoms with van der Waals surface area (Å²) in [6, 6.07) is 10.1. The molecule has 0 saturated carbocycles. The van der Waals surface area contributed by atoms with Gasteiger partial charge in [-0.25, -0.2) is 0 Å². The zero-order valence-electron chi connectivity index (χ0n) is 7.33. The highest BCUT2D eigenvalue weighted by molar-refractivity contribution is 5.18. The van der Waals surface area contributed by atoms with Crippen LogP contribution in [0.5, 0.6) is 0 Å². The molecule has 1 unspecified atom stereocenters. The van der Waals surface area contributed by atoms with E-state index in [1.165, 1.54) is 0 Å². The van der Waals surface area contributed by atoms with E-state index in [-0.39, 0.29) is 6.04 Å². The quantitative estimate of drug-likeness (QED) is 0.672. The zero-order valence-corrected chi connectivity index (χ0v) is 7.33. The number of hydroxylamine groups is 1. The van der Waals surface area contributed by atoms with Crippen LogP contribution in [-0.4, -0.2) is 5.21 Å². The molecule has 0 radical (unpaired) electrons. The molecule has 12 heavy (non-hydrogen) atoms. The van der Waals surface area contributed by atoms with Crippen molar-refractivity contribution in [3.05, 3.63) is 35.9 Å². The fourth-order valence-electron chi connectivity index (χ4n) is 1.28. The largest absolute Gasteiger partial charge is 0.316 e. The van der Waals surface area contributed by atoms with Crippen molar-refractivity contribution in [2.24, 2.45) is 0 Å². The first-order chi connectivity index (χ1) is 5.88. The molecular weight excluding hydrogens is 150 g/mol. The van der Waals surface area contributed by atoms with Crippen molar-refractivity contribution in [2.75, 3.05) is 0 Å². The molecule has 0 aromatic heterocycles. The molecule has 1 aromatic rings. The van der Waals surface area contributed by atoms with Gasteiger partial charge in [0.1, 0.15) is 0 Å². The molecule has 0 saturated heterocycles. The minimum absolute atomic E-state index is 0.0798. The van der Waals surface area contributed by atoms with Gasteiger partial charge in [0.15, 0.2) is 0 Å². The van der Waals surface area contributed by atoms with Gasteiger partial charge in [0.2, 0.25) is 0 Å². The van der Waals surface area contributed by atoms with E-state index in [1.807, 2.05) is 30.3 Å². The van der Waals surface area contributed by atoms with E-state index < -0.39 is 0 Å². The van der Waals surface area contributed by atoms with Crippen molar-refractivity contribution in [1.29, 1.82) is 0 Å². The number of hydrogen-bond donors (Lipinski definition) is 2. The summed E-state index contributed by atoms with van der Waals surface area (Å²) in [6.07, 6.45) is 2.02. The van der Waals surface area contributed by atoms with E-state index in [2.05, 4.69) is 12.4 Å². The zero-order chi connectivity index (χ0) is 8.81. The van der Waals surface area contributed by atoms with Crippen LogP contribution in [0.1, 0.15) is 31.4 Å². The maximum atomic E-state index is 8.86. The summed E-state index contributed by atoms with van der Waals surface area (Å²) in [4.78, 5) is 0. The van der Waals surface area contributed by atoms with Crippen LogP contribution in [0, 0.1) is 0 Å². The molecule has 2 heteroatoms. The van der Waals surface area contributed by atoms with Crippen LogP contribution in [0.2, 0.25) is 0 Å². The van der Waals surface area contributed by atoms with Gasteiger partial charge in [-0.2, -0.15) is 5.48 Å². The molecule has 0 spiro atoms. The minimum Gasteiger partial charge on any atom is -0.316 e. The molecule has 2 nitrogen and oxygen atoms in total. The summed E-state index contributed by atoms with van der Waals surface area (Å²) in [7, 11) is 0. The predicted octanol–water partition coefficient (Wildman–Crippen LogP) is 2.51. The standard InChI is InChI=1S/C10H15NO/c1-2-6-10(11-12)9-7-4-3-5-8-9/h3-5,7-8,10-12H,2,6H2,1H3. The molecule has 0 aliphatic rings. The molecule has 0 fully saturated rings. The summed E-state index contributed by atoms with van der Waals surface area (Å²) >= 11 is 0. The average Bonchev–Trinajstić information content (AvgIpc) is 2.15. The highest BCUT2D eigenvalue weighted by Gasteiger charge is 2.06. The Morgan fingerprint density at radius 1 is 1.33 bits per heavy atom. The second-order valence-electron chi connectivity index (χ2n) is 2.88. The van der Waals surface area contributed by atoms with E-state index in [0.29, 0.717) is 0 Å². The first-order valence-electron chi connectivity index (χ1n) is 4.33. The number of rotatable bonds is 4. The fraction of sp³-hybridized carbons (Fsp3) is 0.400. The van der Waals surface area contributed by atoms with E-state index >= 15 is 0 Å². The molecule has 0 aliphatic carbocycles. The fourth-order valence-corrected chi connectivity index (χ4v) is 1.28. The molecule has 1 atom stereocenters. The van der Waals surface area contributed by atoms with Gasteiger partial charge in [-0.05, 0) is 12.0 Å². The second kappa shape index (κ2) is 4.91. The van der Waals surface area contributed by atoms with Gasteiger partial charge in [0, 0.05) is 0 Å². The molecule has 66 valence electrons. The Bertz CT molecular complexity index is 210. The summed E-state index contributed by atoms with van der Waals surface area (Å²) < 4.78 is 0. The van der Waals surface area contributed by atoms with Gasteiger partial charge in [-0.3, -0.25) is 0 Å². The molecule has 1 rings (SSSR count). The third kappa shape index (κ3) is 2.32. The maximum Gasteiger partial charge on any atom is 0.0568 e. The predicted molar refractivity (Wildman–Crippen MR) is 49.0 cm³/mol. The highest BCUT2D eigenvalue weighted by atomic mass is 16.5. The van der Waals surface area contributed by atoms with Gasteiger partial charge in [0.25, 0.3) is 0 Å². The van der Waals surface area contributed by atoms with E-state index in [1.54, 1.807) is 0 Å². The lowest BCUT2D eigenvalue weighted by atomic mass is 10.0. The van der Waals surface area contributed by atoms with Crippen LogP contribution in [0.4, 0.5) is 0 Å². The van der Waals surface area contributed by atoms with Crippen LogP contribution < -0.4 is 5.48 Å². The highest BCUT2D eigenvalue weighted by Crippen LogP contribution is 2.16. The van der Waals surface area contributed by atoms with Crippen molar-refractivity contribution in [3.8, 4) is 0 Å². The molecule has 2 N–H and O–H groups in total. The number of benzene rings is 1. The van der Waals surface area contributed by atoms with Crippen molar-refractivity contribution in [3.63, 3.8) is 0 Å². The van der Waals surface area contributed by atoms with Gasteiger partial charge >= 0.3 is 0 Å². The van der Waals surface area contributed by atoms with Crippen molar-refractivity contribution in [1.82, 2.24) is 5.48 Å². The third-order valence-electron chi connectivity index (χ3n) is 1.94. The normalized spacial score (nSPS) is 12.8. The summed E-state index contributed by atoms with van der Waals surface area (Å²) in [5.74, 6) is 0. The van der Waals surface area contributed by atoms with E-state index in [4.69, 9.17) is 5.21 Å².